The van der Waals surface area contributed by atoms with E-state index in [1.54, 1.807) is 0 Å². The fourth-order valence-corrected chi connectivity index (χ4v) is 5.29. The van der Waals surface area contributed by atoms with Crippen molar-refractivity contribution in [3.05, 3.63) is 130 Å². The molecule has 0 atom stereocenters. The first-order valence-electron chi connectivity index (χ1n) is 13.8. The van der Waals surface area contributed by atoms with Crippen LogP contribution in [0.25, 0.3) is 43.8 Å². The van der Waals surface area contributed by atoms with Crippen molar-refractivity contribution in [2.24, 2.45) is 0 Å². The standard InChI is InChI=1S/2C18H17.C2H6Si.Zr/c2*1-12-7-8-14(3)17(10-12)16-6-4-5-15-9-13(2)11-18(15)16;1-3-2;/h2*4-11H,1-3H3;1-2H3;/q2*-1;;+2. The summed E-state index contributed by atoms with van der Waals surface area (Å²) in [6, 6.07) is 35.5. The van der Waals surface area contributed by atoms with Gasteiger partial charge >= 0.3 is 26.2 Å². The van der Waals surface area contributed by atoms with E-state index in [1.807, 2.05) is 0 Å². The SMILES string of the molecule is C[Si]C.Cc1ccc(C)c(-c2cccc3[cH-]c(C)cc23)c1.Cc1ccc(C)c(-c2cccc3[cH-]c(C)cc23)c1.[Zr+2]. The maximum absolute atomic E-state index is 2.28. The Morgan fingerprint density at radius 3 is 1.23 bits per heavy atom. The van der Waals surface area contributed by atoms with Gasteiger partial charge in [-0.3, -0.25) is 0 Å². The smallest absolute Gasteiger partial charge is 0.165 e. The number of fused-ring (bicyclic) bond motifs is 2. The second-order valence-electron chi connectivity index (χ2n) is 10.8. The van der Waals surface area contributed by atoms with E-state index >= 15 is 0 Å². The van der Waals surface area contributed by atoms with Crippen molar-refractivity contribution < 1.29 is 26.2 Å². The molecule has 0 spiro atoms. The van der Waals surface area contributed by atoms with E-state index in [-0.39, 0.29) is 26.2 Å². The third-order valence-corrected chi connectivity index (χ3v) is 7.16. The van der Waals surface area contributed by atoms with E-state index < -0.39 is 0 Å². The summed E-state index contributed by atoms with van der Waals surface area (Å²) in [5, 5.41) is 5.41. The molecule has 0 aliphatic carbocycles. The third kappa shape index (κ3) is 7.28. The molecule has 0 aliphatic rings. The number of benzene rings is 4. The Bertz CT molecular complexity index is 1590. The van der Waals surface area contributed by atoms with Gasteiger partial charge in [-0.2, -0.15) is 12.1 Å². The fourth-order valence-electron chi connectivity index (χ4n) is 5.29. The summed E-state index contributed by atoms with van der Waals surface area (Å²) in [5.41, 5.74) is 13.4. The molecule has 0 heterocycles. The van der Waals surface area contributed by atoms with Gasteiger partial charge in [0.15, 0.2) is 0 Å². The van der Waals surface area contributed by atoms with Gasteiger partial charge in [-0.25, -0.2) is 0 Å². The molecule has 40 heavy (non-hydrogen) atoms. The topological polar surface area (TPSA) is 0 Å². The molecule has 6 rings (SSSR count). The maximum Gasteiger partial charge on any atom is 2.00 e. The van der Waals surface area contributed by atoms with Gasteiger partial charge in [0.2, 0.25) is 0 Å². The Balaban J connectivity index is 0.000000197. The summed E-state index contributed by atoms with van der Waals surface area (Å²) in [6.07, 6.45) is 0. The maximum atomic E-state index is 2.28. The van der Waals surface area contributed by atoms with Crippen LogP contribution >= 0.6 is 0 Å². The molecule has 0 unspecified atom stereocenters. The van der Waals surface area contributed by atoms with Gasteiger partial charge in [0.05, 0.1) is 0 Å². The van der Waals surface area contributed by atoms with Gasteiger partial charge in [0.1, 0.15) is 0 Å². The quantitative estimate of drug-likeness (QED) is 0.134. The molecule has 2 radical (unpaired) electrons. The molecule has 0 aliphatic heterocycles. The molecule has 6 aromatic carbocycles. The summed E-state index contributed by atoms with van der Waals surface area (Å²) in [6.45, 7) is 17.3. The summed E-state index contributed by atoms with van der Waals surface area (Å²) in [5.74, 6) is 0. The van der Waals surface area contributed by atoms with E-state index in [1.165, 1.54) is 77.2 Å². The van der Waals surface area contributed by atoms with E-state index in [4.69, 9.17) is 0 Å². The van der Waals surface area contributed by atoms with Crippen LogP contribution in [0.5, 0.6) is 0 Å². The van der Waals surface area contributed by atoms with Gasteiger partial charge in [-0.05, 0) is 49.9 Å². The summed E-state index contributed by atoms with van der Waals surface area (Å²) < 4.78 is 0. The van der Waals surface area contributed by atoms with Crippen molar-refractivity contribution in [2.75, 3.05) is 0 Å². The fraction of sp³-hybridized carbons (Fsp3) is 0.211. The summed E-state index contributed by atoms with van der Waals surface area (Å²) in [4.78, 5) is 0. The molecule has 0 fully saturated rings. The Labute approximate surface area is 263 Å². The molecule has 0 bridgehead atoms. The Morgan fingerprint density at radius 2 is 0.850 bits per heavy atom. The second kappa shape index (κ2) is 14.2. The molecule has 200 valence electrons. The molecular weight excluding hydrogens is 576 g/mol. The van der Waals surface area contributed by atoms with Gasteiger partial charge in [-0.1, -0.05) is 97.7 Å². The first-order chi connectivity index (χ1) is 18.7. The number of rotatable bonds is 2. The van der Waals surface area contributed by atoms with Crippen LogP contribution in [0.4, 0.5) is 0 Å². The normalized spacial score (nSPS) is 10.4. The molecular formula is C38H40SiZr. The van der Waals surface area contributed by atoms with Gasteiger partial charge in [0.25, 0.3) is 0 Å². The molecule has 0 saturated heterocycles. The van der Waals surface area contributed by atoms with Crippen molar-refractivity contribution in [1.29, 1.82) is 0 Å². The van der Waals surface area contributed by atoms with E-state index in [2.05, 4.69) is 152 Å². The van der Waals surface area contributed by atoms with Crippen molar-refractivity contribution >= 4 is 31.1 Å². The van der Waals surface area contributed by atoms with E-state index in [0.717, 1.165) is 9.52 Å². The first-order valence-corrected chi connectivity index (χ1v) is 15.8. The monoisotopic (exact) mass is 614 g/mol. The van der Waals surface area contributed by atoms with Gasteiger partial charge < -0.3 is 0 Å². The van der Waals surface area contributed by atoms with Crippen LogP contribution in [-0.4, -0.2) is 9.52 Å². The Kier molecular flexibility index (Phi) is 11.3. The Hall–Kier alpha value is -2.80. The van der Waals surface area contributed by atoms with Crippen LogP contribution in [0.1, 0.15) is 33.4 Å². The molecule has 6 aromatic rings. The van der Waals surface area contributed by atoms with Crippen LogP contribution < -0.4 is 0 Å². The minimum absolute atomic E-state index is 0. The minimum Gasteiger partial charge on any atom is -0.165 e. The van der Waals surface area contributed by atoms with Crippen LogP contribution in [0.3, 0.4) is 0 Å². The minimum atomic E-state index is 0. The third-order valence-electron chi connectivity index (χ3n) is 7.16. The summed E-state index contributed by atoms with van der Waals surface area (Å²) >= 11 is 0. The molecule has 0 aromatic heterocycles. The van der Waals surface area contributed by atoms with Crippen molar-refractivity contribution in [1.82, 2.24) is 0 Å². The van der Waals surface area contributed by atoms with Crippen LogP contribution in [0.15, 0.2) is 97.1 Å². The zero-order valence-electron chi connectivity index (χ0n) is 25.2. The number of aryl methyl sites for hydroxylation is 6. The first kappa shape index (κ1) is 31.7. The van der Waals surface area contributed by atoms with Crippen LogP contribution in [-0.2, 0) is 26.2 Å². The van der Waals surface area contributed by atoms with Crippen LogP contribution in [0.2, 0.25) is 13.1 Å². The van der Waals surface area contributed by atoms with Crippen LogP contribution in [0, 0.1) is 41.5 Å². The van der Waals surface area contributed by atoms with Gasteiger partial charge in [-0.15, -0.1) is 69.1 Å². The largest absolute Gasteiger partial charge is 2.00 e. The number of hydrogen-bond donors (Lipinski definition) is 0. The second-order valence-corrected chi connectivity index (χ2v) is 11.8. The van der Waals surface area contributed by atoms with E-state index in [0.29, 0.717) is 0 Å². The summed E-state index contributed by atoms with van der Waals surface area (Å²) in [7, 11) is 1.08. The Morgan fingerprint density at radius 1 is 0.475 bits per heavy atom. The number of hydrogen-bond acceptors (Lipinski definition) is 0. The average Bonchev–Trinajstić information content (AvgIpc) is 3.48. The molecule has 0 amide bonds. The molecule has 0 N–H and O–H groups in total. The molecule has 0 nitrogen and oxygen atoms in total. The zero-order chi connectivity index (χ0) is 28.1. The zero-order valence-corrected chi connectivity index (χ0v) is 28.7. The van der Waals surface area contributed by atoms with Crippen molar-refractivity contribution in [2.45, 2.75) is 54.6 Å². The van der Waals surface area contributed by atoms with Gasteiger partial charge in [0, 0.05) is 9.52 Å². The molecule has 2 heteroatoms. The average molecular weight is 616 g/mol. The van der Waals surface area contributed by atoms with E-state index in [9.17, 15) is 0 Å². The van der Waals surface area contributed by atoms with Crippen molar-refractivity contribution in [3.63, 3.8) is 0 Å². The predicted octanol–water partition coefficient (Wildman–Crippen LogP) is 11.1. The predicted molar refractivity (Wildman–Crippen MR) is 176 cm³/mol. The van der Waals surface area contributed by atoms with Crippen molar-refractivity contribution in [3.8, 4) is 22.3 Å². The molecule has 0 saturated carbocycles.